The molecule has 2 aromatic rings. The molecule has 2 aromatic carbocycles. The van der Waals surface area contributed by atoms with E-state index in [0.717, 1.165) is 19.4 Å². The van der Waals surface area contributed by atoms with Gasteiger partial charge in [-0.2, -0.15) is 0 Å². The highest BCUT2D eigenvalue weighted by Crippen LogP contribution is 2.23. The van der Waals surface area contributed by atoms with Crippen LogP contribution in [0.25, 0.3) is 0 Å². The summed E-state index contributed by atoms with van der Waals surface area (Å²) in [5.74, 6) is 0. The van der Waals surface area contributed by atoms with Crippen molar-refractivity contribution in [3.8, 4) is 0 Å². The van der Waals surface area contributed by atoms with Crippen LogP contribution in [-0.4, -0.2) is 12.6 Å². The average Bonchev–Trinajstić information content (AvgIpc) is 2.57. The van der Waals surface area contributed by atoms with E-state index < -0.39 is 0 Å². The lowest BCUT2D eigenvalue weighted by molar-refractivity contribution is 0.500. The molecule has 0 aliphatic rings. The minimum atomic E-state index is 0.513. The van der Waals surface area contributed by atoms with Crippen LogP contribution in [0.4, 0.5) is 0 Å². The van der Waals surface area contributed by atoms with Crippen LogP contribution in [-0.2, 0) is 12.8 Å². The predicted octanol–water partition coefficient (Wildman–Crippen LogP) is 6.24. The highest BCUT2D eigenvalue weighted by molar-refractivity contribution is 6.42. The van der Waals surface area contributed by atoms with E-state index in [0.29, 0.717) is 16.1 Å². The van der Waals surface area contributed by atoms with Gasteiger partial charge in [-0.3, -0.25) is 0 Å². The van der Waals surface area contributed by atoms with Crippen LogP contribution in [0.1, 0.15) is 42.9 Å². The first kappa shape index (κ1) is 19.3. The molecule has 1 nitrogen and oxygen atoms in total. The van der Waals surface area contributed by atoms with Crippen molar-refractivity contribution in [2.75, 3.05) is 6.54 Å². The van der Waals surface area contributed by atoms with E-state index in [1.54, 1.807) is 0 Å². The molecule has 1 atom stereocenters. The number of nitrogens with one attached hydrogen (secondary N) is 1. The van der Waals surface area contributed by atoms with Crippen LogP contribution in [0, 0.1) is 6.92 Å². The highest BCUT2D eigenvalue weighted by Gasteiger charge is 2.04. The van der Waals surface area contributed by atoms with Crippen molar-refractivity contribution in [1.29, 1.82) is 0 Å². The molecule has 0 aliphatic heterocycles. The van der Waals surface area contributed by atoms with Gasteiger partial charge in [0.2, 0.25) is 0 Å². The van der Waals surface area contributed by atoms with Crippen LogP contribution in [0.3, 0.4) is 0 Å². The summed E-state index contributed by atoms with van der Waals surface area (Å²) in [5.41, 5.74) is 4.02. The van der Waals surface area contributed by atoms with Crippen molar-refractivity contribution < 1.29 is 0 Å². The largest absolute Gasteiger partial charge is 0.314 e. The van der Waals surface area contributed by atoms with E-state index in [1.165, 1.54) is 36.0 Å². The van der Waals surface area contributed by atoms with Crippen molar-refractivity contribution >= 4 is 23.2 Å². The van der Waals surface area contributed by atoms with E-state index in [4.69, 9.17) is 23.2 Å². The fraction of sp³-hybridized carbons (Fsp3) is 0.429. The summed E-state index contributed by atoms with van der Waals surface area (Å²) >= 11 is 12.0. The van der Waals surface area contributed by atoms with E-state index in [1.807, 2.05) is 12.1 Å². The summed E-state index contributed by atoms with van der Waals surface area (Å²) in [4.78, 5) is 0. The lowest BCUT2D eigenvalue weighted by Gasteiger charge is -2.14. The van der Waals surface area contributed by atoms with Gasteiger partial charge in [-0.25, -0.2) is 0 Å². The van der Waals surface area contributed by atoms with E-state index >= 15 is 0 Å². The number of rotatable bonds is 9. The van der Waals surface area contributed by atoms with Gasteiger partial charge < -0.3 is 5.32 Å². The maximum atomic E-state index is 6.06. The Morgan fingerprint density at radius 3 is 2.29 bits per heavy atom. The van der Waals surface area contributed by atoms with Crippen molar-refractivity contribution in [3.05, 3.63) is 69.2 Å². The lowest BCUT2D eigenvalue weighted by Crippen LogP contribution is -2.27. The maximum absolute atomic E-state index is 6.06. The van der Waals surface area contributed by atoms with Crippen LogP contribution >= 0.6 is 23.2 Å². The Morgan fingerprint density at radius 2 is 1.58 bits per heavy atom. The van der Waals surface area contributed by atoms with E-state index in [9.17, 15) is 0 Å². The maximum Gasteiger partial charge on any atom is 0.0595 e. The SMILES string of the molecule is Cc1ccc(CCCCNC(C)CCc2ccc(Cl)c(Cl)c2)cc1. The van der Waals surface area contributed by atoms with Crippen molar-refractivity contribution in [3.63, 3.8) is 0 Å². The summed E-state index contributed by atoms with van der Waals surface area (Å²) in [6.45, 7) is 5.46. The van der Waals surface area contributed by atoms with Gasteiger partial charge in [-0.15, -0.1) is 0 Å². The van der Waals surface area contributed by atoms with Gasteiger partial charge in [0.05, 0.1) is 10.0 Å². The molecule has 24 heavy (non-hydrogen) atoms. The highest BCUT2D eigenvalue weighted by atomic mass is 35.5. The first-order valence-corrected chi connectivity index (χ1v) is 9.53. The predicted molar refractivity (Wildman–Crippen MR) is 106 cm³/mol. The summed E-state index contributed by atoms with van der Waals surface area (Å²) in [6, 6.07) is 15.3. The average molecular weight is 364 g/mol. The Balaban J connectivity index is 1.58. The number of unbranched alkanes of at least 4 members (excludes halogenated alkanes) is 1. The molecule has 1 N–H and O–H groups in total. The summed E-state index contributed by atoms with van der Waals surface area (Å²) in [6.07, 6.45) is 5.74. The molecule has 0 bridgehead atoms. The molecule has 0 aliphatic carbocycles. The van der Waals surface area contributed by atoms with Gasteiger partial charge in [0.1, 0.15) is 0 Å². The molecule has 0 radical (unpaired) electrons. The number of hydrogen-bond donors (Lipinski definition) is 1. The third-order valence-corrected chi connectivity index (χ3v) is 5.09. The Morgan fingerprint density at radius 1 is 0.875 bits per heavy atom. The molecule has 0 amide bonds. The molecule has 0 spiro atoms. The van der Waals surface area contributed by atoms with Crippen LogP contribution in [0.5, 0.6) is 0 Å². The zero-order chi connectivity index (χ0) is 17.4. The van der Waals surface area contributed by atoms with Gasteiger partial charge in [0, 0.05) is 6.04 Å². The molecule has 130 valence electrons. The Bertz CT molecular complexity index is 622. The molecule has 1 unspecified atom stereocenters. The fourth-order valence-electron chi connectivity index (χ4n) is 2.74. The standard InChI is InChI=1S/C21H27Cl2N/c1-16-6-9-18(10-7-16)5-3-4-14-24-17(2)8-11-19-12-13-20(22)21(23)15-19/h6-7,9-10,12-13,15,17,24H,3-5,8,11,14H2,1-2H3. The lowest BCUT2D eigenvalue weighted by atomic mass is 10.1. The zero-order valence-electron chi connectivity index (χ0n) is 14.6. The number of hydrogen-bond acceptors (Lipinski definition) is 1. The van der Waals surface area contributed by atoms with Crippen LogP contribution in [0.15, 0.2) is 42.5 Å². The molecule has 0 saturated carbocycles. The molecule has 2 rings (SSSR count). The Labute approximate surface area is 156 Å². The first-order valence-electron chi connectivity index (χ1n) is 8.77. The second-order valence-corrected chi connectivity index (χ2v) is 7.40. The van der Waals surface area contributed by atoms with Crippen molar-refractivity contribution in [2.24, 2.45) is 0 Å². The van der Waals surface area contributed by atoms with E-state index in [2.05, 4.69) is 49.5 Å². The molecule has 3 heteroatoms. The number of halogens is 2. The first-order chi connectivity index (χ1) is 11.5. The smallest absolute Gasteiger partial charge is 0.0595 e. The Hall–Kier alpha value is -1.02. The number of aryl methyl sites for hydroxylation is 3. The number of benzene rings is 2. The van der Waals surface area contributed by atoms with Crippen molar-refractivity contribution in [1.82, 2.24) is 5.32 Å². The molecule has 0 saturated heterocycles. The second-order valence-electron chi connectivity index (χ2n) is 6.59. The van der Waals surface area contributed by atoms with Gasteiger partial charge in [-0.05, 0) is 75.8 Å². The van der Waals surface area contributed by atoms with Crippen LogP contribution in [0.2, 0.25) is 10.0 Å². The minimum Gasteiger partial charge on any atom is -0.314 e. The molecular formula is C21H27Cl2N. The Kier molecular flexibility index (Phi) is 8.11. The van der Waals surface area contributed by atoms with Crippen molar-refractivity contribution in [2.45, 2.75) is 52.0 Å². The van der Waals surface area contributed by atoms with Crippen LogP contribution < -0.4 is 5.32 Å². The summed E-state index contributed by atoms with van der Waals surface area (Å²) < 4.78 is 0. The van der Waals surface area contributed by atoms with Gasteiger partial charge in [-0.1, -0.05) is 59.1 Å². The third kappa shape index (κ3) is 6.84. The minimum absolute atomic E-state index is 0.513. The second kappa shape index (κ2) is 10.1. The topological polar surface area (TPSA) is 12.0 Å². The quantitative estimate of drug-likeness (QED) is 0.520. The van der Waals surface area contributed by atoms with Gasteiger partial charge in [0.15, 0.2) is 0 Å². The zero-order valence-corrected chi connectivity index (χ0v) is 16.1. The molecule has 0 heterocycles. The molecule has 0 aromatic heterocycles. The van der Waals surface area contributed by atoms with E-state index in [-0.39, 0.29) is 0 Å². The monoisotopic (exact) mass is 363 g/mol. The molecular weight excluding hydrogens is 337 g/mol. The van der Waals surface area contributed by atoms with Gasteiger partial charge in [0.25, 0.3) is 0 Å². The van der Waals surface area contributed by atoms with Gasteiger partial charge >= 0.3 is 0 Å². The summed E-state index contributed by atoms with van der Waals surface area (Å²) in [7, 11) is 0. The fourth-order valence-corrected chi connectivity index (χ4v) is 3.06. The summed E-state index contributed by atoms with van der Waals surface area (Å²) in [5, 5.41) is 4.88. The normalized spacial score (nSPS) is 12.3. The third-order valence-electron chi connectivity index (χ3n) is 4.36. The molecule has 0 fully saturated rings.